The van der Waals surface area contributed by atoms with Crippen molar-refractivity contribution in [1.82, 2.24) is 0 Å². The molecule has 3 rings (SSSR count). The molecule has 5 atom stereocenters. The Labute approximate surface area is 94.2 Å². The molecule has 2 bridgehead atoms. The van der Waals surface area contributed by atoms with Crippen LogP contribution in [-0.2, 0) is 9.53 Å². The number of fused-ring (bicyclic) bond motifs is 5. The van der Waals surface area contributed by atoms with Crippen LogP contribution in [0.25, 0.3) is 0 Å². The molecule has 0 N–H and O–H groups in total. The highest BCUT2D eigenvalue weighted by molar-refractivity contribution is 5.85. The Bertz CT molecular complexity index is 374. The van der Waals surface area contributed by atoms with Gasteiger partial charge in [0.2, 0.25) is 5.83 Å². The summed E-state index contributed by atoms with van der Waals surface area (Å²) >= 11 is 0. The normalized spacial score (nSPS) is 43.4. The lowest BCUT2D eigenvalue weighted by molar-refractivity contribution is -0.149. The van der Waals surface area contributed by atoms with Crippen molar-refractivity contribution >= 4 is 5.97 Å². The van der Waals surface area contributed by atoms with Crippen LogP contribution < -0.4 is 0 Å². The summed E-state index contributed by atoms with van der Waals surface area (Å²) in [6.07, 6.45) is 7.60. The summed E-state index contributed by atoms with van der Waals surface area (Å²) in [6, 6.07) is 0. The molecule has 0 aromatic heterocycles. The van der Waals surface area contributed by atoms with Gasteiger partial charge in [0.1, 0.15) is 6.10 Å². The number of hydrogen-bond acceptors (Lipinski definition) is 2. The first-order valence-corrected chi connectivity index (χ1v) is 5.89. The number of allylic oxidation sites excluding steroid dienone is 2. The zero-order valence-electron chi connectivity index (χ0n) is 9.06. The fourth-order valence-electron chi connectivity index (χ4n) is 3.82. The first-order chi connectivity index (χ1) is 7.66. The van der Waals surface area contributed by atoms with Gasteiger partial charge in [-0.1, -0.05) is 18.7 Å². The van der Waals surface area contributed by atoms with Crippen LogP contribution in [0.4, 0.5) is 4.39 Å². The van der Waals surface area contributed by atoms with Crippen molar-refractivity contribution < 1.29 is 13.9 Å². The Balaban J connectivity index is 1.70. The van der Waals surface area contributed by atoms with E-state index in [9.17, 15) is 9.18 Å². The van der Waals surface area contributed by atoms with Gasteiger partial charge in [0.25, 0.3) is 0 Å². The first kappa shape index (κ1) is 10.1. The molecule has 0 amide bonds. The van der Waals surface area contributed by atoms with E-state index in [0.29, 0.717) is 17.8 Å². The Morgan fingerprint density at radius 1 is 1.38 bits per heavy atom. The Morgan fingerprint density at radius 3 is 2.94 bits per heavy atom. The minimum absolute atomic E-state index is 0.0889. The van der Waals surface area contributed by atoms with Gasteiger partial charge in [0.15, 0.2) is 0 Å². The lowest BCUT2D eigenvalue weighted by Gasteiger charge is -2.30. The maximum atomic E-state index is 12.6. The molecule has 16 heavy (non-hydrogen) atoms. The lowest BCUT2D eigenvalue weighted by atomic mass is 9.80. The second-order valence-corrected chi connectivity index (χ2v) is 5.15. The van der Waals surface area contributed by atoms with E-state index < -0.39 is 11.8 Å². The molecular formula is C13H15FO2. The second kappa shape index (κ2) is 3.44. The third-order valence-corrected chi connectivity index (χ3v) is 4.43. The summed E-state index contributed by atoms with van der Waals surface area (Å²) in [4.78, 5) is 11.2. The van der Waals surface area contributed by atoms with Crippen LogP contribution in [0.15, 0.2) is 24.6 Å². The van der Waals surface area contributed by atoms with Crippen LogP contribution in [0.3, 0.4) is 0 Å². The topological polar surface area (TPSA) is 26.3 Å². The molecule has 5 unspecified atom stereocenters. The number of carbonyl (C=O) groups excluding carboxylic acids is 1. The number of rotatable bonds is 2. The monoisotopic (exact) mass is 222 g/mol. The van der Waals surface area contributed by atoms with Gasteiger partial charge < -0.3 is 4.74 Å². The van der Waals surface area contributed by atoms with Crippen LogP contribution >= 0.6 is 0 Å². The van der Waals surface area contributed by atoms with Crippen molar-refractivity contribution in [3.05, 3.63) is 24.6 Å². The number of ether oxygens (including phenoxy) is 1. The summed E-state index contributed by atoms with van der Waals surface area (Å²) in [5, 5.41) is 0. The highest BCUT2D eigenvalue weighted by atomic mass is 19.1. The van der Waals surface area contributed by atoms with Gasteiger partial charge in [-0.25, -0.2) is 4.79 Å². The Hall–Kier alpha value is -1.12. The average Bonchev–Trinajstić information content (AvgIpc) is 2.87. The van der Waals surface area contributed by atoms with Crippen LogP contribution in [-0.4, -0.2) is 12.1 Å². The maximum absolute atomic E-state index is 12.6. The third-order valence-electron chi connectivity index (χ3n) is 4.43. The predicted octanol–water partition coefficient (Wildman–Crippen LogP) is 2.61. The fourth-order valence-corrected chi connectivity index (χ4v) is 3.82. The van der Waals surface area contributed by atoms with Crippen LogP contribution in [0.5, 0.6) is 0 Å². The van der Waals surface area contributed by atoms with Crippen molar-refractivity contribution in [3.63, 3.8) is 0 Å². The molecule has 0 aromatic carbocycles. The number of hydrogen-bond donors (Lipinski definition) is 0. The van der Waals surface area contributed by atoms with E-state index in [-0.39, 0.29) is 6.10 Å². The van der Waals surface area contributed by atoms with Crippen LogP contribution in [0.2, 0.25) is 0 Å². The minimum Gasteiger partial charge on any atom is -0.457 e. The van der Waals surface area contributed by atoms with Gasteiger partial charge in [0.05, 0.1) is 0 Å². The molecule has 3 aliphatic rings. The molecule has 0 heterocycles. The zero-order valence-corrected chi connectivity index (χ0v) is 9.06. The predicted molar refractivity (Wildman–Crippen MR) is 57.1 cm³/mol. The molecule has 2 nitrogen and oxygen atoms in total. The number of esters is 1. The molecule has 0 radical (unpaired) electrons. The summed E-state index contributed by atoms with van der Waals surface area (Å²) in [6.45, 7) is 2.97. The van der Waals surface area contributed by atoms with Gasteiger partial charge in [-0.05, 0) is 37.0 Å². The molecular weight excluding hydrogens is 207 g/mol. The number of halogens is 1. The van der Waals surface area contributed by atoms with Crippen molar-refractivity contribution in [2.45, 2.75) is 25.4 Å². The van der Waals surface area contributed by atoms with E-state index in [0.717, 1.165) is 18.8 Å². The first-order valence-electron chi connectivity index (χ1n) is 5.89. The van der Waals surface area contributed by atoms with E-state index in [2.05, 4.69) is 18.7 Å². The van der Waals surface area contributed by atoms with E-state index >= 15 is 0 Å². The third kappa shape index (κ3) is 1.34. The van der Waals surface area contributed by atoms with E-state index in [1.807, 2.05) is 0 Å². The van der Waals surface area contributed by atoms with Crippen molar-refractivity contribution in [2.75, 3.05) is 0 Å². The summed E-state index contributed by atoms with van der Waals surface area (Å²) < 4.78 is 17.7. The molecule has 3 aliphatic carbocycles. The largest absolute Gasteiger partial charge is 0.457 e. The molecule has 2 fully saturated rings. The van der Waals surface area contributed by atoms with Gasteiger partial charge in [-0.15, -0.1) is 0 Å². The van der Waals surface area contributed by atoms with Crippen molar-refractivity contribution in [1.29, 1.82) is 0 Å². The fraction of sp³-hybridized carbons (Fsp3) is 0.615. The summed E-state index contributed by atoms with van der Waals surface area (Å²) in [5.41, 5.74) is 0. The SMILES string of the molecule is C=C(F)C(=O)OC1CC2CC1C1C=CCC21. The van der Waals surface area contributed by atoms with Gasteiger partial charge in [-0.2, -0.15) is 4.39 Å². The molecule has 2 saturated carbocycles. The second-order valence-electron chi connectivity index (χ2n) is 5.15. The van der Waals surface area contributed by atoms with Crippen molar-refractivity contribution in [3.8, 4) is 0 Å². The average molecular weight is 222 g/mol. The highest BCUT2D eigenvalue weighted by Crippen LogP contribution is 2.57. The Morgan fingerprint density at radius 2 is 2.19 bits per heavy atom. The maximum Gasteiger partial charge on any atom is 0.366 e. The van der Waals surface area contributed by atoms with Crippen molar-refractivity contribution in [2.24, 2.45) is 23.7 Å². The van der Waals surface area contributed by atoms with Gasteiger partial charge in [-0.3, -0.25) is 0 Å². The molecule has 0 aromatic rings. The smallest absolute Gasteiger partial charge is 0.366 e. The number of carbonyl (C=O) groups is 1. The summed E-state index contributed by atoms with van der Waals surface area (Å²) in [7, 11) is 0. The minimum atomic E-state index is -0.985. The summed E-state index contributed by atoms with van der Waals surface area (Å²) in [5.74, 6) is 0.531. The molecule has 86 valence electrons. The molecule has 0 aliphatic heterocycles. The molecule has 3 heteroatoms. The zero-order chi connectivity index (χ0) is 11.3. The van der Waals surface area contributed by atoms with E-state index in [1.165, 1.54) is 6.42 Å². The molecule has 0 saturated heterocycles. The van der Waals surface area contributed by atoms with E-state index in [1.54, 1.807) is 0 Å². The quantitative estimate of drug-likeness (QED) is 0.408. The standard InChI is InChI=1S/C13H15FO2/c1-7(14)13(15)16-12-6-8-5-11(12)10-4-2-3-9(8)10/h2,4,8-12H,1,3,5-6H2. The lowest BCUT2D eigenvalue weighted by Crippen LogP contribution is -2.32. The van der Waals surface area contributed by atoms with Gasteiger partial charge in [0, 0.05) is 5.92 Å². The van der Waals surface area contributed by atoms with Gasteiger partial charge >= 0.3 is 5.97 Å². The molecule has 0 spiro atoms. The van der Waals surface area contributed by atoms with E-state index in [4.69, 9.17) is 4.74 Å². The highest BCUT2D eigenvalue weighted by Gasteiger charge is 2.53. The van der Waals surface area contributed by atoms with Crippen LogP contribution in [0, 0.1) is 23.7 Å². The Kier molecular flexibility index (Phi) is 2.16. The van der Waals surface area contributed by atoms with Crippen LogP contribution in [0.1, 0.15) is 19.3 Å².